The second-order valence-electron chi connectivity index (χ2n) is 8.43. The largest absolute Gasteiger partial charge is 0.379 e. The first-order valence-corrected chi connectivity index (χ1v) is 13.5. The van der Waals surface area contributed by atoms with Crippen molar-refractivity contribution in [2.24, 2.45) is 11.8 Å². The molecule has 0 aromatic rings. The number of allylic oxidation sites excluding steroid dienone is 2. The van der Waals surface area contributed by atoms with Gasteiger partial charge in [0, 0.05) is 24.8 Å². The lowest BCUT2D eigenvalue weighted by molar-refractivity contribution is -0.897. The summed E-state index contributed by atoms with van der Waals surface area (Å²) in [6.45, 7) is -0.779. The molecule has 3 aliphatic rings. The molecule has 36 heavy (non-hydrogen) atoms. The van der Waals surface area contributed by atoms with Gasteiger partial charge in [-0.15, -0.1) is 23.2 Å². The molecule has 212 valence electrons. The SMILES string of the molecule is CCCC[N+]1(C)CCCC1.FC(F)F.FC(F)F.O=C1C2CC=CCC2C(=O)N1SC(Cl)(Cl)C(Cl)Cl. The van der Waals surface area contributed by atoms with Crippen molar-refractivity contribution in [3.05, 3.63) is 12.2 Å². The lowest BCUT2D eigenvalue weighted by atomic mass is 9.85. The quantitative estimate of drug-likeness (QED) is 0.0748. The number of fused-ring (bicyclic) bond motifs is 1. The number of unbranched alkanes of at least 4 members (excludes halogenated alkanes) is 1. The van der Waals surface area contributed by atoms with Crippen LogP contribution >= 0.6 is 58.4 Å². The smallest absolute Gasteiger partial charge is 0.326 e. The number of amides is 2. The molecule has 3 rings (SSSR count). The zero-order valence-corrected chi connectivity index (χ0v) is 23.6. The normalized spacial score (nSPS) is 22.6. The molecule has 15 heteroatoms. The van der Waals surface area contributed by atoms with Crippen LogP contribution in [0.5, 0.6) is 0 Å². The second-order valence-corrected chi connectivity index (χ2v) is 12.5. The van der Waals surface area contributed by atoms with Crippen LogP contribution in [0.3, 0.4) is 0 Å². The van der Waals surface area contributed by atoms with Crippen molar-refractivity contribution < 1.29 is 40.4 Å². The maximum absolute atomic E-state index is 12.1. The average Bonchev–Trinajstić information content (AvgIpc) is 3.30. The number of hydrogen-bond acceptors (Lipinski definition) is 3. The summed E-state index contributed by atoms with van der Waals surface area (Å²) in [6.07, 6.45) is 10.6. The van der Waals surface area contributed by atoms with Crippen molar-refractivity contribution in [2.45, 2.75) is 67.3 Å². The summed E-state index contributed by atoms with van der Waals surface area (Å²) in [7, 11) is 2.41. The standard InChI is InChI=1S/C10H9Cl4NO2S.C9H20N.2CHF3/c11-9(12)10(13,14)18-15-7(16)5-3-1-2-4-6(5)8(15)17;1-3-4-7-10(2)8-5-6-9-10;2*2-1(3)4/h1-2,5-6,9H,3-4H2;3-9H2,1-2H3;2*1H/q;+1;;. The first kappa shape index (κ1) is 35.9. The Bertz CT molecular complexity index is 664. The molecule has 2 unspecified atom stereocenters. The van der Waals surface area contributed by atoms with Gasteiger partial charge in [-0.3, -0.25) is 9.59 Å². The van der Waals surface area contributed by atoms with E-state index in [-0.39, 0.29) is 23.7 Å². The fourth-order valence-corrected chi connectivity index (χ4v) is 5.31. The molecule has 0 aromatic carbocycles. The molecule has 0 bridgehead atoms. The highest BCUT2D eigenvalue weighted by molar-refractivity contribution is 8.02. The minimum Gasteiger partial charge on any atom is -0.326 e. The van der Waals surface area contributed by atoms with Gasteiger partial charge in [-0.25, -0.2) is 4.31 Å². The summed E-state index contributed by atoms with van der Waals surface area (Å²) in [5.74, 6) is -1.19. The van der Waals surface area contributed by atoms with Gasteiger partial charge >= 0.3 is 13.4 Å². The van der Waals surface area contributed by atoms with E-state index in [1.807, 2.05) is 12.2 Å². The molecule has 0 N–H and O–H groups in total. The summed E-state index contributed by atoms with van der Waals surface area (Å²) in [5.41, 5.74) is 0. The first-order chi connectivity index (χ1) is 16.6. The fourth-order valence-electron chi connectivity index (χ4n) is 3.88. The number of halogens is 10. The van der Waals surface area contributed by atoms with E-state index in [4.69, 9.17) is 46.4 Å². The van der Waals surface area contributed by atoms with Crippen LogP contribution in [0.2, 0.25) is 0 Å². The molecular formula is C21H31Cl4F6N2O2S+. The minimum absolute atomic E-state index is 0.279. The molecular weight excluding hydrogens is 600 g/mol. The molecule has 2 aliphatic heterocycles. The number of alkyl halides is 10. The molecule has 4 nitrogen and oxygen atoms in total. The van der Waals surface area contributed by atoms with Crippen molar-refractivity contribution in [2.75, 3.05) is 26.7 Å². The molecule has 0 spiro atoms. The van der Waals surface area contributed by atoms with Gasteiger partial charge in [0.1, 0.15) is 0 Å². The molecule has 2 saturated heterocycles. The van der Waals surface area contributed by atoms with Crippen molar-refractivity contribution in [3.63, 3.8) is 0 Å². The van der Waals surface area contributed by atoms with E-state index in [0.29, 0.717) is 24.8 Å². The molecule has 0 aromatic heterocycles. The van der Waals surface area contributed by atoms with Gasteiger partial charge in [-0.1, -0.05) is 48.7 Å². The predicted octanol–water partition coefficient (Wildman–Crippen LogP) is 7.90. The number of hydrogen-bond donors (Lipinski definition) is 0. The summed E-state index contributed by atoms with van der Waals surface area (Å²) >= 11 is 23.7. The maximum atomic E-state index is 12.1. The highest BCUT2D eigenvalue weighted by Gasteiger charge is 2.51. The van der Waals surface area contributed by atoms with Gasteiger partial charge in [0.2, 0.25) is 15.5 Å². The van der Waals surface area contributed by atoms with E-state index in [9.17, 15) is 35.9 Å². The van der Waals surface area contributed by atoms with Crippen LogP contribution in [0.15, 0.2) is 12.2 Å². The van der Waals surface area contributed by atoms with Gasteiger partial charge in [0.25, 0.3) is 0 Å². The van der Waals surface area contributed by atoms with Crippen LogP contribution in [0.25, 0.3) is 0 Å². The van der Waals surface area contributed by atoms with Gasteiger partial charge in [-0.05, 0) is 19.3 Å². The molecule has 2 atom stereocenters. The second kappa shape index (κ2) is 17.5. The molecule has 0 saturated carbocycles. The Morgan fingerprint density at radius 1 is 0.972 bits per heavy atom. The van der Waals surface area contributed by atoms with Crippen LogP contribution in [-0.2, 0) is 9.59 Å². The van der Waals surface area contributed by atoms with Crippen molar-refractivity contribution in [1.29, 1.82) is 0 Å². The number of quaternary nitrogens is 1. The Kier molecular flexibility index (Phi) is 17.5. The van der Waals surface area contributed by atoms with Gasteiger partial charge in [0.15, 0.2) is 4.84 Å². The molecule has 2 amide bonds. The highest BCUT2D eigenvalue weighted by atomic mass is 35.5. The number of carbonyl (C=O) groups is 2. The third kappa shape index (κ3) is 13.6. The zero-order valence-electron chi connectivity index (χ0n) is 19.8. The van der Waals surface area contributed by atoms with Crippen LogP contribution in [0.4, 0.5) is 26.3 Å². The van der Waals surface area contributed by atoms with E-state index in [0.717, 1.165) is 4.31 Å². The molecule has 2 heterocycles. The average molecular weight is 631 g/mol. The number of rotatable bonds is 6. The predicted molar refractivity (Wildman–Crippen MR) is 134 cm³/mol. The highest BCUT2D eigenvalue weighted by Crippen LogP contribution is 2.48. The fraction of sp³-hybridized carbons (Fsp3) is 0.810. The van der Waals surface area contributed by atoms with Gasteiger partial charge < -0.3 is 4.48 Å². The van der Waals surface area contributed by atoms with E-state index in [1.165, 1.54) is 49.8 Å². The Morgan fingerprint density at radius 3 is 1.69 bits per heavy atom. The van der Waals surface area contributed by atoms with E-state index < -0.39 is 21.9 Å². The third-order valence-electron chi connectivity index (χ3n) is 5.63. The molecule has 1 aliphatic carbocycles. The third-order valence-corrected chi connectivity index (χ3v) is 8.86. The van der Waals surface area contributed by atoms with Crippen LogP contribution in [-0.4, -0.2) is 69.1 Å². The number of imide groups is 1. The summed E-state index contributed by atoms with van der Waals surface area (Å²) in [4.78, 5) is 23.1. The van der Waals surface area contributed by atoms with Crippen LogP contribution < -0.4 is 0 Å². The van der Waals surface area contributed by atoms with Crippen LogP contribution in [0, 0.1) is 11.8 Å². The van der Waals surface area contributed by atoms with E-state index in [1.54, 1.807) is 0 Å². The number of carbonyl (C=O) groups excluding carboxylic acids is 2. The zero-order chi connectivity index (χ0) is 28.1. The van der Waals surface area contributed by atoms with Crippen molar-refractivity contribution in [3.8, 4) is 0 Å². The summed E-state index contributed by atoms with van der Waals surface area (Å²) < 4.78 is 58.7. The number of nitrogens with zero attached hydrogens (tertiary/aromatic N) is 2. The lowest BCUT2D eigenvalue weighted by Gasteiger charge is -2.28. The Morgan fingerprint density at radius 2 is 1.36 bits per heavy atom. The number of likely N-dealkylation sites (tertiary alicyclic amines) is 1. The molecule has 2 fully saturated rings. The summed E-state index contributed by atoms with van der Waals surface area (Å²) in [6, 6.07) is 0. The van der Waals surface area contributed by atoms with Crippen molar-refractivity contribution in [1.82, 2.24) is 4.31 Å². The Hall–Kier alpha value is -0.0700. The Balaban J connectivity index is 0.000000570. The summed E-state index contributed by atoms with van der Waals surface area (Å²) in [5, 5.41) is 0. The first-order valence-electron chi connectivity index (χ1n) is 11.1. The van der Waals surface area contributed by atoms with Gasteiger partial charge in [0.05, 0.1) is 38.5 Å². The van der Waals surface area contributed by atoms with E-state index in [2.05, 4.69) is 14.0 Å². The topological polar surface area (TPSA) is 37.4 Å². The monoisotopic (exact) mass is 629 g/mol. The van der Waals surface area contributed by atoms with E-state index >= 15 is 0 Å². The Labute approximate surface area is 232 Å². The van der Waals surface area contributed by atoms with Crippen LogP contribution in [0.1, 0.15) is 45.4 Å². The minimum atomic E-state index is -3.67. The maximum Gasteiger partial charge on any atom is 0.379 e. The lowest BCUT2D eigenvalue weighted by Crippen LogP contribution is -2.41. The molecule has 0 radical (unpaired) electrons. The van der Waals surface area contributed by atoms with Gasteiger partial charge in [-0.2, -0.15) is 26.3 Å². The van der Waals surface area contributed by atoms with Crippen molar-refractivity contribution >= 4 is 70.2 Å².